The van der Waals surface area contributed by atoms with E-state index < -0.39 is 0 Å². The molecule has 32 heavy (non-hydrogen) atoms. The molecule has 0 bridgehead atoms. The van der Waals surface area contributed by atoms with Crippen molar-refractivity contribution in [3.8, 4) is 11.1 Å². The summed E-state index contributed by atoms with van der Waals surface area (Å²) in [5, 5.41) is 1.29. The van der Waals surface area contributed by atoms with Crippen LogP contribution in [0.3, 0.4) is 0 Å². The first-order valence-corrected chi connectivity index (χ1v) is 10.8. The van der Waals surface area contributed by atoms with Crippen molar-refractivity contribution in [1.29, 1.82) is 0 Å². The lowest BCUT2D eigenvalue weighted by atomic mass is 9.84. The van der Waals surface area contributed by atoms with Crippen LogP contribution >= 0.6 is 11.6 Å². The Hall–Kier alpha value is -3.89. The number of fused-ring (bicyclic) bond motifs is 4. The Morgan fingerprint density at radius 2 is 1.59 bits per heavy atom. The largest absolute Gasteiger partial charge is 0.361 e. The topological polar surface area (TPSA) is 49.0 Å². The zero-order valence-electron chi connectivity index (χ0n) is 17.0. The molecule has 1 N–H and O–H groups in total. The monoisotopic (exact) mass is 435 g/mol. The van der Waals surface area contributed by atoms with Crippen LogP contribution in [0.15, 0.2) is 97.3 Å². The minimum atomic E-state index is -0.318. The van der Waals surface area contributed by atoms with Crippen LogP contribution in [0.2, 0.25) is 5.15 Å². The highest BCUT2D eigenvalue weighted by Crippen LogP contribution is 2.49. The Labute approximate surface area is 190 Å². The van der Waals surface area contributed by atoms with Crippen LogP contribution in [-0.4, -0.2) is 15.9 Å². The Morgan fingerprint density at radius 3 is 2.47 bits per heavy atom. The van der Waals surface area contributed by atoms with Crippen LogP contribution in [0.5, 0.6) is 0 Å². The van der Waals surface area contributed by atoms with Gasteiger partial charge in [0, 0.05) is 34.4 Å². The Balaban J connectivity index is 1.66. The number of nitrogens with zero attached hydrogens (tertiary/aromatic N) is 2. The van der Waals surface area contributed by atoms with E-state index in [1.165, 1.54) is 0 Å². The number of rotatable bonds is 2. The molecular formula is C27H18ClN3O. The summed E-state index contributed by atoms with van der Waals surface area (Å²) in [6.45, 7) is 0. The molecule has 1 aliphatic rings. The number of H-pyrrole nitrogens is 1. The van der Waals surface area contributed by atoms with Gasteiger partial charge in [0.1, 0.15) is 5.15 Å². The number of aromatic amines is 1. The first kappa shape index (κ1) is 18.8. The minimum absolute atomic E-state index is 0.180. The Bertz CT molecular complexity index is 1490. The molecule has 4 nitrogen and oxygen atoms in total. The standard InChI is InChI=1S/C27H18ClN3O/c28-26-21(12-7-15-29-26)27(32)31-24-14-6-4-10-19(24)17-8-1-2-11-20(17)25(31)22-16-30-23-13-5-3-9-18(22)23/h1-16,25,30H. The first-order valence-electron chi connectivity index (χ1n) is 10.4. The molecule has 1 atom stereocenters. The molecule has 5 aromatic rings. The molecule has 0 saturated heterocycles. The number of anilines is 1. The number of benzene rings is 3. The molecule has 154 valence electrons. The van der Waals surface area contributed by atoms with Gasteiger partial charge in [0.2, 0.25) is 0 Å². The quantitative estimate of drug-likeness (QED) is 0.316. The maximum atomic E-state index is 14.0. The summed E-state index contributed by atoms with van der Waals surface area (Å²) in [5.74, 6) is -0.180. The number of aromatic nitrogens is 2. The lowest BCUT2D eigenvalue weighted by molar-refractivity contribution is 0.0979. The van der Waals surface area contributed by atoms with Crippen LogP contribution in [0.25, 0.3) is 22.0 Å². The van der Waals surface area contributed by atoms with E-state index in [1.54, 1.807) is 18.3 Å². The lowest BCUT2D eigenvalue weighted by Crippen LogP contribution is -2.38. The molecule has 3 heterocycles. The molecule has 2 aromatic heterocycles. The van der Waals surface area contributed by atoms with E-state index >= 15 is 0 Å². The number of carbonyl (C=O) groups excluding carboxylic acids is 1. The van der Waals surface area contributed by atoms with Crippen LogP contribution in [0.1, 0.15) is 27.5 Å². The van der Waals surface area contributed by atoms with Crippen molar-refractivity contribution in [2.24, 2.45) is 0 Å². The highest BCUT2D eigenvalue weighted by molar-refractivity contribution is 6.33. The fourth-order valence-corrected chi connectivity index (χ4v) is 4.90. The molecule has 5 heteroatoms. The van der Waals surface area contributed by atoms with Crippen molar-refractivity contribution in [3.05, 3.63) is 119 Å². The maximum Gasteiger partial charge on any atom is 0.262 e. The van der Waals surface area contributed by atoms with E-state index in [2.05, 4.69) is 34.2 Å². The fraction of sp³-hybridized carbons (Fsp3) is 0.0370. The molecule has 0 saturated carbocycles. The second-order valence-corrected chi connectivity index (χ2v) is 8.17. The molecule has 1 amide bonds. The third kappa shape index (κ3) is 2.77. The Kier molecular flexibility index (Phi) is 4.33. The van der Waals surface area contributed by atoms with Gasteiger partial charge in [0.05, 0.1) is 17.3 Å². The van der Waals surface area contributed by atoms with E-state index in [-0.39, 0.29) is 17.1 Å². The van der Waals surface area contributed by atoms with E-state index in [4.69, 9.17) is 11.6 Å². The van der Waals surface area contributed by atoms with Crippen molar-refractivity contribution in [3.63, 3.8) is 0 Å². The zero-order valence-corrected chi connectivity index (χ0v) is 17.8. The van der Waals surface area contributed by atoms with Crippen LogP contribution in [0, 0.1) is 0 Å². The van der Waals surface area contributed by atoms with E-state index in [1.807, 2.05) is 59.6 Å². The number of hydrogen-bond acceptors (Lipinski definition) is 2. The van der Waals surface area contributed by atoms with Crippen LogP contribution < -0.4 is 4.90 Å². The van der Waals surface area contributed by atoms with Gasteiger partial charge in [-0.15, -0.1) is 0 Å². The van der Waals surface area contributed by atoms with Crippen molar-refractivity contribution in [1.82, 2.24) is 9.97 Å². The summed E-state index contributed by atoms with van der Waals surface area (Å²) < 4.78 is 0. The van der Waals surface area contributed by atoms with Crippen LogP contribution in [0.4, 0.5) is 5.69 Å². The second-order valence-electron chi connectivity index (χ2n) is 7.81. The minimum Gasteiger partial charge on any atom is -0.361 e. The predicted molar refractivity (Wildman–Crippen MR) is 128 cm³/mol. The summed E-state index contributed by atoms with van der Waals surface area (Å²) in [4.78, 5) is 23.4. The molecular weight excluding hydrogens is 418 g/mol. The van der Waals surface area contributed by atoms with Crippen molar-refractivity contribution >= 4 is 34.1 Å². The number of amides is 1. The maximum absolute atomic E-state index is 14.0. The van der Waals surface area contributed by atoms with E-state index in [0.717, 1.165) is 38.8 Å². The summed E-state index contributed by atoms with van der Waals surface area (Å²) in [6, 6.07) is 27.6. The van der Waals surface area contributed by atoms with Gasteiger partial charge in [0.15, 0.2) is 0 Å². The SMILES string of the molecule is O=C(c1cccnc1Cl)N1c2ccccc2-c2ccccc2C1c1c[nH]c2ccccc12. The van der Waals surface area contributed by atoms with Crippen molar-refractivity contribution < 1.29 is 4.79 Å². The number of hydrogen-bond donors (Lipinski definition) is 1. The molecule has 1 unspecified atom stereocenters. The van der Waals surface area contributed by atoms with Crippen molar-refractivity contribution in [2.45, 2.75) is 6.04 Å². The van der Waals surface area contributed by atoms with Crippen molar-refractivity contribution in [2.75, 3.05) is 4.90 Å². The number of carbonyl (C=O) groups is 1. The Morgan fingerprint density at radius 1 is 0.844 bits per heavy atom. The van der Waals surface area contributed by atoms with Gasteiger partial charge >= 0.3 is 0 Å². The fourth-order valence-electron chi connectivity index (χ4n) is 4.70. The average Bonchev–Trinajstić information content (AvgIpc) is 3.27. The molecule has 6 rings (SSSR count). The number of para-hydroxylation sites is 2. The van der Waals surface area contributed by atoms with Gasteiger partial charge in [-0.1, -0.05) is 72.3 Å². The average molecular weight is 436 g/mol. The summed E-state index contributed by atoms with van der Waals surface area (Å²) in [5.41, 5.74) is 6.53. The van der Waals surface area contributed by atoms with E-state index in [9.17, 15) is 4.79 Å². The third-order valence-electron chi connectivity index (χ3n) is 6.09. The number of pyridine rings is 1. The molecule has 0 fully saturated rings. The third-order valence-corrected chi connectivity index (χ3v) is 6.39. The molecule has 0 aliphatic carbocycles. The zero-order chi connectivity index (χ0) is 21.7. The highest BCUT2D eigenvalue weighted by Gasteiger charge is 2.37. The molecule has 1 aliphatic heterocycles. The first-order chi connectivity index (χ1) is 15.7. The molecule has 0 spiro atoms. The van der Waals surface area contributed by atoms with E-state index in [0.29, 0.717) is 5.56 Å². The van der Waals surface area contributed by atoms with Gasteiger partial charge in [-0.25, -0.2) is 4.98 Å². The lowest BCUT2D eigenvalue weighted by Gasteiger charge is -2.39. The normalized spacial score (nSPS) is 14.8. The van der Waals surface area contributed by atoms with Gasteiger partial charge in [-0.3, -0.25) is 9.69 Å². The van der Waals surface area contributed by atoms with Gasteiger partial charge in [0.25, 0.3) is 5.91 Å². The summed E-state index contributed by atoms with van der Waals surface area (Å²) in [6.07, 6.45) is 3.60. The predicted octanol–water partition coefficient (Wildman–Crippen LogP) is 6.63. The van der Waals surface area contributed by atoms with Gasteiger partial charge in [-0.2, -0.15) is 0 Å². The summed E-state index contributed by atoms with van der Waals surface area (Å²) >= 11 is 6.37. The second kappa shape index (κ2) is 7.36. The highest BCUT2D eigenvalue weighted by atomic mass is 35.5. The van der Waals surface area contributed by atoms with Gasteiger partial charge in [-0.05, 0) is 35.4 Å². The number of halogens is 1. The molecule has 0 radical (unpaired) electrons. The smallest absolute Gasteiger partial charge is 0.262 e. The van der Waals surface area contributed by atoms with Crippen LogP contribution in [-0.2, 0) is 0 Å². The van der Waals surface area contributed by atoms with Gasteiger partial charge < -0.3 is 4.98 Å². The number of nitrogens with one attached hydrogen (secondary N) is 1. The summed E-state index contributed by atoms with van der Waals surface area (Å²) in [7, 11) is 0. The molecule has 3 aromatic carbocycles.